The normalized spacial score (nSPS) is 16.9. The Kier molecular flexibility index (Phi) is 6.37. The van der Waals surface area contributed by atoms with Crippen molar-refractivity contribution in [1.29, 1.82) is 0 Å². The number of aliphatic carboxylic acids is 1. The van der Waals surface area contributed by atoms with Crippen LogP contribution >= 0.6 is 0 Å². The molecule has 0 bridgehead atoms. The van der Waals surface area contributed by atoms with Crippen LogP contribution in [0.25, 0.3) is 0 Å². The second-order valence-electron chi connectivity index (χ2n) is 6.30. The Balaban J connectivity index is 1.61. The molecule has 144 valence electrons. The van der Waals surface area contributed by atoms with Crippen molar-refractivity contribution in [2.45, 2.75) is 25.4 Å². The Morgan fingerprint density at radius 1 is 1.30 bits per heavy atom. The average molecular weight is 373 g/mol. The van der Waals surface area contributed by atoms with E-state index in [-0.39, 0.29) is 18.5 Å². The highest BCUT2D eigenvalue weighted by Gasteiger charge is 2.31. The topological polar surface area (TPSA) is 110 Å². The number of carboxylic acid groups (broad SMARTS) is 1. The van der Waals surface area contributed by atoms with E-state index < -0.39 is 5.97 Å². The third kappa shape index (κ3) is 5.27. The van der Waals surface area contributed by atoms with Crippen molar-refractivity contribution < 1.29 is 19.4 Å². The summed E-state index contributed by atoms with van der Waals surface area (Å²) in [5.41, 5.74) is 1.11. The fourth-order valence-corrected chi connectivity index (χ4v) is 2.91. The second-order valence-corrected chi connectivity index (χ2v) is 6.30. The molecule has 2 aromatic rings. The minimum absolute atomic E-state index is 0.0261. The first-order valence-electron chi connectivity index (χ1n) is 8.91. The summed E-state index contributed by atoms with van der Waals surface area (Å²) in [7, 11) is 0. The Morgan fingerprint density at radius 3 is 2.89 bits per heavy atom. The third-order valence-electron chi connectivity index (χ3n) is 4.27. The molecule has 2 N–H and O–H groups in total. The smallest absolute Gasteiger partial charge is 0.318 e. The van der Waals surface area contributed by atoms with Gasteiger partial charge in [0.25, 0.3) is 0 Å². The van der Waals surface area contributed by atoms with Crippen LogP contribution in [0.5, 0.6) is 0 Å². The quantitative estimate of drug-likeness (QED) is 0.708. The fraction of sp³-hybridized carbons (Fsp3) is 0.444. The molecule has 1 saturated heterocycles. The van der Waals surface area contributed by atoms with Crippen molar-refractivity contribution in [2.24, 2.45) is 0 Å². The number of rotatable bonds is 7. The number of hydrogen-bond acceptors (Lipinski definition) is 5. The van der Waals surface area contributed by atoms with E-state index in [1.165, 1.54) is 0 Å². The lowest BCUT2D eigenvalue weighted by atomic mass is 10.2. The van der Waals surface area contributed by atoms with Gasteiger partial charge >= 0.3 is 12.0 Å². The molecule has 1 aromatic heterocycles. The van der Waals surface area contributed by atoms with E-state index in [4.69, 9.17) is 9.84 Å². The maximum atomic E-state index is 12.5. The van der Waals surface area contributed by atoms with E-state index in [1.807, 2.05) is 30.3 Å². The summed E-state index contributed by atoms with van der Waals surface area (Å²) in [6, 6.07) is 9.31. The molecule has 0 radical (unpaired) electrons. The van der Waals surface area contributed by atoms with Crippen LogP contribution in [0.3, 0.4) is 0 Å². The Labute approximate surface area is 156 Å². The lowest BCUT2D eigenvalue weighted by molar-refractivity contribution is -0.137. The predicted molar refractivity (Wildman–Crippen MR) is 96.1 cm³/mol. The van der Waals surface area contributed by atoms with Crippen LogP contribution in [0.2, 0.25) is 0 Å². The molecular formula is C18H23N5O4. The van der Waals surface area contributed by atoms with Gasteiger partial charge in [0.2, 0.25) is 0 Å². The summed E-state index contributed by atoms with van der Waals surface area (Å²) >= 11 is 0. The molecule has 1 fully saturated rings. The summed E-state index contributed by atoms with van der Waals surface area (Å²) < 4.78 is 7.25. The molecule has 9 nitrogen and oxygen atoms in total. The van der Waals surface area contributed by atoms with Gasteiger partial charge in [-0.2, -0.15) is 5.10 Å². The molecular weight excluding hydrogens is 350 g/mol. The molecule has 2 amide bonds. The van der Waals surface area contributed by atoms with E-state index in [9.17, 15) is 9.59 Å². The molecule has 1 aromatic carbocycles. The van der Waals surface area contributed by atoms with E-state index in [0.717, 1.165) is 5.56 Å². The van der Waals surface area contributed by atoms with Crippen LogP contribution in [0.4, 0.5) is 4.79 Å². The lowest BCUT2D eigenvalue weighted by Gasteiger charge is -2.33. The van der Waals surface area contributed by atoms with Crippen LogP contribution in [-0.2, 0) is 16.1 Å². The first-order valence-corrected chi connectivity index (χ1v) is 8.91. The van der Waals surface area contributed by atoms with Crippen LogP contribution in [0.15, 0.2) is 36.7 Å². The number of nitrogens with zero attached hydrogens (tertiary/aromatic N) is 4. The third-order valence-corrected chi connectivity index (χ3v) is 4.27. The molecule has 0 saturated carbocycles. The van der Waals surface area contributed by atoms with E-state index in [2.05, 4.69) is 15.4 Å². The SMILES string of the molecule is O=C(O)CCCNC(=O)N1CCOCC1c1ncn(Cc2ccccc2)n1. The number of carboxylic acids is 1. The highest BCUT2D eigenvalue weighted by molar-refractivity contribution is 5.74. The van der Waals surface area contributed by atoms with Gasteiger partial charge in [0.1, 0.15) is 12.4 Å². The van der Waals surface area contributed by atoms with Crippen molar-refractivity contribution in [3.8, 4) is 0 Å². The van der Waals surface area contributed by atoms with Gasteiger partial charge in [-0.3, -0.25) is 4.79 Å². The van der Waals surface area contributed by atoms with Crippen LogP contribution in [-0.4, -0.2) is 63.1 Å². The van der Waals surface area contributed by atoms with Crippen LogP contribution in [0, 0.1) is 0 Å². The standard InChI is InChI=1S/C18H23N5O4/c24-16(25)7-4-8-19-18(26)23-9-10-27-12-15(23)17-20-13-22(21-17)11-14-5-2-1-3-6-14/h1-3,5-6,13,15H,4,7-12H2,(H,19,26)(H,24,25). The zero-order valence-corrected chi connectivity index (χ0v) is 15.0. The first-order chi connectivity index (χ1) is 13.1. The van der Waals surface area contributed by atoms with Gasteiger partial charge in [0, 0.05) is 19.5 Å². The molecule has 1 aliphatic heterocycles. The number of amides is 2. The van der Waals surface area contributed by atoms with Gasteiger partial charge in [-0.05, 0) is 12.0 Å². The Hall–Kier alpha value is -2.94. The number of carbonyl (C=O) groups is 2. The summed E-state index contributed by atoms with van der Waals surface area (Å²) in [5, 5.41) is 15.9. The van der Waals surface area contributed by atoms with Gasteiger partial charge in [0.05, 0.1) is 19.8 Å². The van der Waals surface area contributed by atoms with E-state index in [0.29, 0.717) is 45.1 Å². The summed E-state index contributed by atoms with van der Waals surface area (Å²) in [4.78, 5) is 29.0. The highest BCUT2D eigenvalue weighted by Crippen LogP contribution is 2.21. The minimum atomic E-state index is -0.873. The largest absolute Gasteiger partial charge is 0.481 e. The molecule has 0 spiro atoms. The number of ether oxygens (including phenoxy) is 1. The number of hydrogen-bond donors (Lipinski definition) is 2. The monoisotopic (exact) mass is 373 g/mol. The highest BCUT2D eigenvalue weighted by atomic mass is 16.5. The van der Waals surface area contributed by atoms with Gasteiger partial charge in [-0.25, -0.2) is 14.5 Å². The average Bonchev–Trinajstić information content (AvgIpc) is 3.14. The van der Waals surface area contributed by atoms with Gasteiger partial charge in [0.15, 0.2) is 5.82 Å². The molecule has 1 unspecified atom stereocenters. The molecule has 3 rings (SSSR count). The number of carbonyl (C=O) groups excluding carboxylic acids is 1. The molecule has 1 aliphatic rings. The van der Waals surface area contributed by atoms with Crippen molar-refractivity contribution in [3.63, 3.8) is 0 Å². The first kappa shape index (κ1) is 18.8. The van der Waals surface area contributed by atoms with Crippen molar-refractivity contribution in [2.75, 3.05) is 26.3 Å². The Bertz CT molecular complexity index is 764. The van der Waals surface area contributed by atoms with Gasteiger partial charge < -0.3 is 20.1 Å². The lowest BCUT2D eigenvalue weighted by Crippen LogP contribution is -2.48. The number of morpholine rings is 1. The Morgan fingerprint density at radius 2 is 2.11 bits per heavy atom. The molecule has 2 heterocycles. The van der Waals surface area contributed by atoms with Crippen molar-refractivity contribution >= 4 is 12.0 Å². The van der Waals surface area contributed by atoms with Crippen molar-refractivity contribution in [1.82, 2.24) is 25.0 Å². The van der Waals surface area contributed by atoms with E-state index in [1.54, 1.807) is 15.9 Å². The van der Waals surface area contributed by atoms with Gasteiger partial charge in [-0.1, -0.05) is 30.3 Å². The molecule has 1 atom stereocenters. The number of benzene rings is 1. The summed E-state index contributed by atoms with van der Waals surface area (Å²) in [5.74, 6) is -0.340. The van der Waals surface area contributed by atoms with Crippen LogP contribution < -0.4 is 5.32 Å². The number of nitrogens with one attached hydrogen (secondary N) is 1. The van der Waals surface area contributed by atoms with E-state index >= 15 is 0 Å². The van der Waals surface area contributed by atoms with Crippen molar-refractivity contribution in [3.05, 3.63) is 48.0 Å². The molecule has 0 aliphatic carbocycles. The summed E-state index contributed by atoms with van der Waals surface area (Å²) in [6.45, 7) is 2.12. The molecule has 27 heavy (non-hydrogen) atoms. The maximum absolute atomic E-state index is 12.5. The maximum Gasteiger partial charge on any atom is 0.318 e. The number of urea groups is 1. The predicted octanol–water partition coefficient (Wildman–Crippen LogP) is 1.27. The molecule has 9 heteroatoms. The second kappa shape index (κ2) is 9.13. The summed E-state index contributed by atoms with van der Waals surface area (Å²) in [6.07, 6.45) is 2.07. The number of aromatic nitrogens is 3. The zero-order chi connectivity index (χ0) is 19.1. The zero-order valence-electron chi connectivity index (χ0n) is 15.0. The fourth-order valence-electron chi connectivity index (χ4n) is 2.91. The minimum Gasteiger partial charge on any atom is -0.481 e. The van der Waals surface area contributed by atoms with Gasteiger partial charge in [-0.15, -0.1) is 0 Å². The van der Waals surface area contributed by atoms with Crippen LogP contribution in [0.1, 0.15) is 30.3 Å².